The molecule has 2 heterocycles. The molecule has 0 amide bonds. The zero-order chi connectivity index (χ0) is 11.4. The third-order valence-electron chi connectivity index (χ3n) is 4.20. The van der Waals surface area contributed by atoms with Crippen LogP contribution < -0.4 is 5.73 Å². The van der Waals surface area contributed by atoms with Crippen molar-refractivity contribution in [3.8, 4) is 0 Å². The summed E-state index contributed by atoms with van der Waals surface area (Å²) in [6.45, 7) is 5.93. The van der Waals surface area contributed by atoms with Crippen LogP contribution in [0, 0.1) is 17.8 Å². The van der Waals surface area contributed by atoms with Crippen LogP contribution in [0.1, 0.15) is 32.6 Å². The molecule has 0 aromatic carbocycles. The zero-order valence-electron chi connectivity index (χ0n) is 10.4. The van der Waals surface area contributed by atoms with Crippen LogP contribution in [0.5, 0.6) is 0 Å². The largest absolute Gasteiger partial charge is 0.381 e. The van der Waals surface area contributed by atoms with Crippen LogP contribution in [0.15, 0.2) is 0 Å². The highest BCUT2D eigenvalue weighted by molar-refractivity contribution is 4.79. The van der Waals surface area contributed by atoms with Crippen LogP contribution in [0.2, 0.25) is 0 Å². The Morgan fingerprint density at radius 2 is 2.06 bits per heavy atom. The fourth-order valence-corrected chi connectivity index (χ4v) is 3.00. The Morgan fingerprint density at radius 3 is 2.69 bits per heavy atom. The van der Waals surface area contributed by atoms with E-state index in [1.807, 2.05) is 0 Å². The molecule has 16 heavy (non-hydrogen) atoms. The fourth-order valence-electron chi connectivity index (χ4n) is 3.00. The molecule has 2 aliphatic heterocycles. The first-order chi connectivity index (χ1) is 7.79. The van der Waals surface area contributed by atoms with Gasteiger partial charge in [-0.15, -0.1) is 0 Å². The van der Waals surface area contributed by atoms with Gasteiger partial charge in [-0.25, -0.2) is 0 Å². The van der Waals surface area contributed by atoms with Crippen molar-refractivity contribution in [2.45, 2.75) is 38.7 Å². The first-order valence-electron chi connectivity index (χ1n) is 6.69. The highest BCUT2D eigenvalue weighted by Gasteiger charge is 2.29. The lowest BCUT2D eigenvalue weighted by molar-refractivity contribution is 0.0302. The van der Waals surface area contributed by atoms with E-state index in [1.54, 1.807) is 0 Å². The molecular weight excluding hydrogens is 202 g/mol. The minimum atomic E-state index is 0.464. The van der Waals surface area contributed by atoms with Crippen molar-refractivity contribution >= 4 is 0 Å². The van der Waals surface area contributed by atoms with Gasteiger partial charge in [0.2, 0.25) is 0 Å². The summed E-state index contributed by atoms with van der Waals surface area (Å²) in [5.41, 5.74) is 5.67. The van der Waals surface area contributed by atoms with Crippen LogP contribution >= 0.6 is 0 Å². The van der Waals surface area contributed by atoms with Crippen molar-refractivity contribution in [1.29, 1.82) is 0 Å². The molecule has 2 rings (SSSR count). The van der Waals surface area contributed by atoms with Gasteiger partial charge < -0.3 is 15.2 Å². The predicted molar refractivity (Wildman–Crippen MR) is 64.2 cm³/mol. The lowest BCUT2D eigenvalue weighted by Crippen LogP contribution is -2.24. The van der Waals surface area contributed by atoms with Crippen molar-refractivity contribution in [3.05, 3.63) is 0 Å². The topological polar surface area (TPSA) is 44.5 Å². The van der Waals surface area contributed by atoms with Gasteiger partial charge in [0, 0.05) is 13.2 Å². The highest BCUT2D eigenvalue weighted by Crippen LogP contribution is 2.31. The molecule has 3 nitrogen and oxygen atoms in total. The van der Waals surface area contributed by atoms with Crippen molar-refractivity contribution in [2.75, 3.05) is 26.4 Å². The molecule has 2 saturated heterocycles. The minimum Gasteiger partial charge on any atom is -0.381 e. The molecule has 2 N–H and O–H groups in total. The maximum Gasteiger partial charge on any atom is 0.0581 e. The summed E-state index contributed by atoms with van der Waals surface area (Å²) >= 11 is 0. The molecule has 3 unspecified atom stereocenters. The number of nitrogens with two attached hydrogens (primary N) is 1. The van der Waals surface area contributed by atoms with Crippen LogP contribution in [0.25, 0.3) is 0 Å². The summed E-state index contributed by atoms with van der Waals surface area (Å²) < 4.78 is 11.2. The number of hydrogen-bond donors (Lipinski definition) is 1. The summed E-state index contributed by atoms with van der Waals surface area (Å²) in [6, 6.07) is 0. The average Bonchev–Trinajstić information content (AvgIpc) is 2.78. The quantitative estimate of drug-likeness (QED) is 0.796. The van der Waals surface area contributed by atoms with E-state index in [4.69, 9.17) is 15.2 Å². The second-order valence-electron chi connectivity index (χ2n) is 5.46. The van der Waals surface area contributed by atoms with Crippen molar-refractivity contribution in [3.63, 3.8) is 0 Å². The molecule has 0 aromatic heterocycles. The van der Waals surface area contributed by atoms with E-state index in [0.29, 0.717) is 12.0 Å². The van der Waals surface area contributed by atoms with Gasteiger partial charge in [0.25, 0.3) is 0 Å². The maximum atomic E-state index is 5.81. The van der Waals surface area contributed by atoms with E-state index in [0.717, 1.165) is 38.2 Å². The molecule has 0 aromatic rings. The van der Waals surface area contributed by atoms with Crippen LogP contribution in [0.4, 0.5) is 0 Å². The molecule has 0 aliphatic carbocycles. The molecule has 0 radical (unpaired) electrons. The molecule has 3 atom stereocenters. The second-order valence-corrected chi connectivity index (χ2v) is 5.46. The summed E-state index contributed by atoms with van der Waals surface area (Å²) in [6.07, 6.45) is 5.31. The smallest absolute Gasteiger partial charge is 0.0581 e. The summed E-state index contributed by atoms with van der Waals surface area (Å²) in [7, 11) is 0. The van der Waals surface area contributed by atoms with E-state index in [9.17, 15) is 0 Å². The van der Waals surface area contributed by atoms with Gasteiger partial charge in [0.1, 0.15) is 0 Å². The molecular formula is C13H25NO2. The van der Waals surface area contributed by atoms with Gasteiger partial charge in [-0.3, -0.25) is 0 Å². The monoisotopic (exact) mass is 227 g/mol. The van der Waals surface area contributed by atoms with Gasteiger partial charge in [-0.2, -0.15) is 0 Å². The SMILES string of the molecule is CC(CC1CC(CN)CO1)C1CCOCC1. The zero-order valence-corrected chi connectivity index (χ0v) is 10.4. The van der Waals surface area contributed by atoms with Crippen LogP contribution in [0.3, 0.4) is 0 Å². The highest BCUT2D eigenvalue weighted by atomic mass is 16.5. The van der Waals surface area contributed by atoms with Crippen molar-refractivity contribution in [2.24, 2.45) is 23.5 Å². The average molecular weight is 227 g/mol. The summed E-state index contributed by atoms with van der Waals surface area (Å²) in [5, 5.41) is 0. The molecule has 3 heteroatoms. The second kappa shape index (κ2) is 5.99. The number of hydrogen-bond acceptors (Lipinski definition) is 3. The molecule has 0 bridgehead atoms. The Labute approximate surface area is 98.7 Å². The van der Waals surface area contributed by atoms with Gasteiger partial charge in [0.05, 0.1) is 12.7 Å². The predicted octanol–water partition coefficient (Wildman–Crippen LogP) is 1.80. The van der Waals surface area contributed by atoms with Gasteiger partial charge in [-0.05, 0) is 50.0 Å². The standard InChI is InChI=1S/C13H25NO2/c1-10(12-2-4-15-5-3-12)6-13-7-11(8-14)9-16-13/h10-13H,2-9,14H2,1H3. The fraction of sp³-hybridized carbons (Fsp3) is 1.00. The van der Waals surface area contributed by atoms with Gasteiger partial charge in [0.15, 0.2) is 0 Å². The van der Waals surface area contributed by atoms with E-state index >= 15 is 0 Å². The third-order valence-corrected chi connectivity index (χ3v) is 4.20. The molecule has 94 valence electrons. The minimum absolute atomic E-state index is 0.464. The van der Waals surface area contributed by atoms with E-state index < -0.39 is 0 Å². The third kappa shape index (κ3) is 3.19. The summed E-state index contributed by atoms with van der Waals surface area (Å²) in [5.74, 6) is 2.21. The molecule has 2 aliphatic rings. The summed E-state index contributed by atoms with van der Waals surface area (Å²) in [4.78, 5) is 0. The van der Waals surface area contributed by atoms with E-state index in [-0.39, 0.29) is 0 Å². The van der Waals surface area contributed by atoms with Gasteiger partial charge in [-0.1, -0.05) is 6.92 Å². The normalized spacial score (nSPS) is 34.1. The lowest BCUT2D eigenvalue weighted by Gasteiger charge is -2.29. The first kappa shape index (κ1) is 12.3. The maximum absolute atomic E-state index is 5.81. The Balaban J connectivity index is 1.72. The Kier molecular flexibility index (Phi) is 4.62. The van der Waals surface area contributed by atoms with E-state index in [2.05, 4.69) is 6.92 Å². The van der Waals surface area contributed by atoms with Crippen molar-refractivity contribution < 1.29 is 9.47 Å². The van der Waals surface area contributed by atoms with Crippen LogP contribution in [-0.2, 0) is 9.47 Å². The van der Waals surface area contributed by atoms with Crippen LogP contribution in [-0.4, -0.2) is 32.5 Å². The van der Waals surface area contributed by atoms with Gasteiger partial charge >= 0.3 is 0 Å². The molecule has 0 saturated carbocycles. The Hall–Kier alpha value is -0.120. The van der Waals surface area contributed by atoms with E-state index in [1.165, 1.54) is 25.7 Å². The van der Waals surface area contributed by atoms with Crippen molar-refractivity contribution in [1.82, 2.24) is 0 Å². The number of ether oxygens (including phenoxy) is 2. The number of rotatable bonds is 4. The Morgan fingerprint density at radius 1 is 1.31 bits per heavy atom. The first-order valence-corrected chi connectivity index (χ1v) is 6.69. The molecule has 0 spiro atoms. The molecule has 2 fully saturated rings. The lowest BCUT2D eigenvalue weighted by atomic mass is 9.83. The Bertz CT molecular complexity index is 204.